The highest BCUT2D eigenvalue weighted by Crippen LogP contribution is 2.34. The van der Waals surface area contributed by atoms with Crippen molar-refractivity contribution in [1.82, 2.24) is 0 Å². The van der Waals surface area contributed by atoms with E-state index in [-0.39, 0.29) is 10.6 Å². The van der Waals surface area contributed by atoms with Gasteiger partial charge in [0.2, 0.25) is 0 Å². The first kappa shape index (κ1) is 12.9. The predicted octanol–water partition coefficient (Wildman–Crippen LogP) is 5.62. The second-order valence-electron chi connectivity index (χ2n) is 3.58. The van der Waals surface area contributed by atoms with Crippen molar-refractivity contribution >= 4 is 39.1 Å². The Kier molecular flexibility index (Phi) is 4.08. The molecule has 0 aromatic heterocycles. The maximum Gasteiger partial charge on any atom is 0.127 e. The number of benzene rings is 2. The van der Waals surface area contributed by atoms with E-state index in [4.69, 9.17) is 23.2 Å². The van der Waals surface area contributed by atoms with Crippen LogP contribution >= 0.6 is 39.1 Å². The number of rotatable bonds is 2. The second-order valence-corrected chi connectivity index (χ2v) is 5.37. The van der Waals surface area contributed by atoms with Crippen molar-refractivity contribution in [2.75, 3.05) is 0 Å². The normalized spacial score (nSPS) is 12.5. The van der Waals surface area contributed by atoms with Crippen molar-refractivity contribution in [2.45, 2.75) is 4.83 Å². The average molecular weight is 334 g/mol. The number of alkyl halides is 1. The van der Waals surface area contributed by atoms with E-state index in [1.54, 1.807) is 18.2 Å². The van der Waals surface area contributed by atoms with Crippen LogP contribution in [-0.4, -0.2) is 0 Å². The quantitative estimate of drug-likeness (QED) is 0.626. The first-order valence-electron chi connectivity index (χ1n) is 4.92. The van der Waals surface area contributed by atoms with Crippen molar-refractivity contribution in [2.24, 2.45) is 0 Å². The van der Waals surface area contributed by atoms with E-state index in [0.29, 0.717) is 15.6 Å². The van der Waals surface area contributed by atoms with Gasteiger partial charge in [0.15, 0.2) is 0 Å². The summed E-state index contributed by atoms with van der Waals surface area (Å²) in [5.41, 5.74) is 1.44. The van der Waals surface area contributed by atoms with Gasteiger partial charge in [-0.3, -0.25) is 0 Å². The summed E-state index contributed by atoms with van der Waals surface area (Å²) in [6, 6.07) is 11.8. The van der Waals surface area contributed by atoms with E-state index in [2.05, 4.69) is 15.9 Å². The summed E-state index contributed by atoms with van der Waals surface area (Å²) in [7, 11) is 0. The third-order valence-corrected chi connectivity index (χ3v) is 3.90. The molecule has 2 rings (SSSR count). The summed E-state index contributed by atoms with van der Waals surface area (Å²) in [4.78, 5) is -0.238. The highest BCUT2D eigenvalue weighted by Gasteiger charge is 2.15. The van der Waals surface area contributed by atoms with Crippen LogP contribution in [0.3, 0.4) is 0 Å². The molecule has 0 radical (unpaired) electrons. The molecule has 0 aliphatic carbocycles. The maximum atomic E-state index is 13.7. The summed E-state index contributed by atoms with van der Waals surface area (Å²) in [6.45, 7) is 0. The topological polar surface area (TPSA) is 0 Å². The van der Waals surface area contributed by atoms with Crippen molar-refractivity contribution in [1.29, 1.82) is 0 Å². The SMILES string of the molecule is Fc1ccc(Cl)cc1C(Br)c1ccc(Cl)cc1. The summed E-state index contributed by atoms with van der Waals surface area (Å²) < 4.78 is 13.7. The molecule has 0 spiro atoms. The lowest BCUT2D eigenvalue weighted by Gasteiger charge is -2.12. The molecule has 0 saturated carbocycles. The lowest BCUT2D eigenvalue weighted by Crippen LogP contribution is -1.96. The van der Waals surface area contributed by atoms with Gasteiger partial charge >= 0.3 is 0 Å². The highest BCUT2D eigenvalue weighted by atomic mass is 79.9. The Balaban J connectivity index is 2.39. The van der Waals surface area contributed by atoms with Gasteiger partial charge in [-0.2, -0.15) is 0 Å². The zero-order valence-electron chi connectivity index (χ0n) is 8.63. The molecule has 0 N–H and O–H groups in total. The lowest BCUT2D eigenvalue weighted by molar-refractivity contribution is 0.613. The molecule has 0 aliphatic heterocycles. The molecular formula is C13H8BrCl2F. The van der Waals surface area contributed by atoms with Crippen LogP contribution in [0.5, 0.6) is 0 Å². The Morgan fingerprint density at radius 2 is 1.53 bits per heavy atom. The van der Waals surface area contributed by atoms with Gasteiger partial charge in [0.05, 0.1) is 4.83 Å². The molecule has 0 fully saturated rings. The number of hydrogen-bond acceptors (Lipinski definition) is 0. The van der Waals surface area contributed by atoms with E-state index in [1.165, 1.54) is 12.1 Å². The smallest absolute Gasteiger partial charge is 0.127 e. The van der Waals surface area contributed by atoms with Gasteiger partial charge in [0.1, 0.15) is 5.82 Å². The van der Waals surface area contributed by atoms with E-state index in [9.17, 15) is 4.39 Å². The number of halogens is 4. The summed E-state index contributed by atoms with van der Waals surface area (Å²) in [5.74, 6) is -0.286. The monoisotopic (exact) mass is 332 g/mol. The van der Waals surface area contributed by atoms with Gasteiger partial charge in [-0.25, -0.2) is 4.39 Å². The maximum absolute atomic E-state index is 13.7. The molecule has 1 unspecified atom stereocenters. The molecular weight excluding hydrogens is 326 g/mol. The van der Waals surface area contributed by atoms with E-state index in [0.717, 1.165) is 5.56 Å². The average Bonchev–Trinajstić information content (AvgIpc) is 2.32. The Labute approximate surface area is 117 Å². The molecule has 88 valence electrons. The van der Waals surface area contributed by atoms with Crippen molar-refractivity contribution in [3.8, 4) is 0 Å². The van der Waals surface area contributed by atoms with Crippen LogP contribution in [0, 0.1) is 5.82 Å². The van der Waals surface area contributed by atoms with Gasteiger partial charge in [-0.1, -0.05) is 51.3 Å². The molecule has 0 bridgehead atoms. The fourth-order valence-corrected chi connectivity index (χ4v) is 2.48. The van der Waals surface area contributed by atoms with Gasteiger partial charge in [0, 0.05) is 15.6 Å². The third-order valence-electron chi connectivity index (χ3n) is 2.39. The van der Waals surface area contributed by atoms with E-state index < -0.39 is 0 Å². The fourth-order valence-electron chi connectivity index (χ4n) is 1.52. The van der Waals surface area contributed by atoms with Crippen LogP contribution in [0.15, 0.2) is 42.5 Å². The van der Waals surface area contributed by atoms with E-state index in [1.807, 2.05) is 12.1 Å². The van der Waals surface area contributed by atoms with Crippen molar-refractivity contribution in [3.63, 3.8) is 0 Å². The Morgan fingerprint density at radius 3 is 2.18 bits per heavy atom. The minimum Gasteiger partial charge on any atom is -0.207 e. The first-order valence-corrected chi connectivity index (χ1v) is 6.59. The minimum absolute atomic E-state index is 0.238. The van der Waals surface area contributed by atoms with Gasteiger partial charge < -0.3 is 0 Å². The molecule has 0 heterocycles. The standard InChI is InChI=1S/C13H8BrCl2F/c14-13(8-1-3-9(15)4-2-8)11-7-10(16)5-6-12(11)17/h1-7,13H. The molecule has 2 aromatic carbocycles. The molecule has 17 heavy (non-hydrogen) atoms. The first-order chi connectivity index (χ1) is 8.08. The van der Waals surface area contributed by atoms with Gasteiger partial charge in [-0.05, 0) is 35.9 Å². The summed E-state index contributed by atoms with van der Waals surface area (Å²) in [5, 5.41) is 1.17. The van der Waals surface area contributed by atoms with Crippen LogP contribution in [0.1, 0.15) is 16.0 Å². The molecule has 2 aromatic rings. The second kappa shape index (κ2) is 5.38. The van der Waals surface area contributed by atoms with Gasteiger partial charge in [0.25, 0.3) is 0 Å². The molecule has 1 atom stereocenters. The fraction of sp³-hybridized carbons (Fsp3) is 0.0769. The molecule has 0 nitrogen and oxygen atoms in total. The summed E-state index contributed by atoms with van der Waals surface area (Å²) in [6.07, 6.45) is 0. The Morgan fingerprint density at radius 1 is 0.941 bits per heavy atom. The van der Waals surface area contributed by atoms with Crippen LogP contribution in [-0.2, 0) is 0 Å². The summed E-state index contributed by atoms with van der Waals surface area (Å²) >= 11 is 15.1. The Hall–Kier alpha value is -0.570. The van der Waals surface area contributed by atoms with Crippen LogP contribution in [0.2, 0.25) is 10.0 Å². The third kappa shape index (κ3) is 3.01. The largest absolute Gasteiger partial charge is 0.207 e. The Bertz CT molecular complexity index is 525. The van der Waals surface area contributed by atoms with Crippen molar-refractivity contribution in [3.05, 3.63) is 69.5 Å². The van der Waals surface area contributed by atoms with Crippen LogP contribution in [0.25, 0.3) is 0 Å². The predicted molar refractivity (Wildman–Crippen MR) is 73.6 cm³/mol. The minimum atomic E-state index is -0.286. The van der Waals surface area contributed by atoms with Gasteiger partial charge in [-0.15, -0.1) is 0 Å². The highest BCUT2D eigenvalue weighted by molar-refractivity contribution is 9.09. The molecule has 0 saturated heterocycles. The zero-order valence-corrected chi connectivity index (χ0v) is 11.7. The zero-order chi connectivity index (χ0) is 12.4. The van der Waals surface area contributed by atoms with Crippen LogP contribution in [0.4, 0.5) is 4.39 Å². The molecule has 0 aliphatic rings. The van der Waals surface area contributed by atoms with Crippen molar-refractivity contribution < 1.29 is 4.39 Å². The van der Waals surface area contributed by atoms with Crippen LogP contribution < -0.4 is 0 Å². The van der Waals surface area contributed by atoms with E-state index >= 15 is 0 Å². The lowest BCUT2D eigenvalue weighted by atomic mass is 10.0. The molecule has 0 amide bonds. The number of hydrogen-bond donors (Lipinski definition) is 0. The molecule has 4 heteroatoms.